The van der Waals surface area contributed by atoms with Crippen molar-refractivity contribution in [3.05, 3.63) is 0 Å². The normalized spacial score (nSPS) is 16.0. The monoisotopic (exact) mass is 1090 g/mol. The molecule has 0 radical (unpaired) electrons. The minimum absolute atomic E-state index is 0.0334. The van der Waals surface area contributed by atoms with E-state index in [2.05, 4.69) is 64.3 Å². The molecule has 0 unspecified atom stereocenters. The van der Waals surface area contributed by atoms with Crippen LogP contribution in [-0.2, 0) is 52.7 Å². The molecule has 0 fully saturated rings. The number of aliphatic hydroxyl groups excluding tert-OH is 2. The lowest BCUT2D eigenvalue weighted by Gasteiger charge is -2.29. The Morgan fingerprint density at radius 1 is 0.487 bits per heavy atom. The number of amides is 10. The summed E-state index contributed by atoms with van der Waals surface area (Å²) in [5, 5.41) is 52.5. The highest BCUT2D eigenvalue weighted by atomic mass is 16.4. The van der Waals surface area contributed by atoms with Crippen molar-refractivity contribution in [3.63, 3.8) is 0 Å². The number of carboxylic acid groups (broad SMARTS) is 1. The molecule has 0 aliphatic rings. The van der Waals surface area contributed by atoms with Crippen molar-refractivity contribution in [2.45, 2.75) is 178 Å². The maximum Gasteiger partial charge on any atom is 0.338 e. The smallest absolute Gasteiger partial charge is 0.338 e. The molecular weight excluding hydrogens is 1000 g/mol. The lowest BCUT2D eigenvalue weighted by atomic mass is 10.0. The van der Waals surface area contributed by atoms with Gasteiger partial charge in [-0.25, -0.2) is 0 Å². The molecule has 434 valence electrons. The van der Waals surface area contributed by atoms with Crippen LogP contribution in [0.5, 0.6) is 0 Å². The molecular formula is C46H90N16O14+4. The number of hydrogen-bond acceptors (Lipinski definition) is 13. The topological polar surface area (TPSA) is 504 Å². The van der Waals surface area contributed by atoms with Crippen molar-refractivity contribution < 1.29 is 89.0 Å². The van der Waals surface area contributed by atoms with Gasteiger partial charge in [0.25, 0.3) is 5.91 Å². The first-order chi connectivity index (χ1) is 35.2. The average Bonchev–Trinajstić information content (AvgIpc) is 3.31. The SMILES string of the molecule is C[C@H]([NH3+])C(=O)N[C@@H](CCC[NH+]=C(N)N)C(=O)N[C@H](C(=O)N[C@@H](CCCC[N+](C)(C)C)C(=O)N[C@@H](CCC(N)=O)C(=O)N[C@H](C(=O)N[C@@H](C)C(=O)N[C@@H](C)C(=O)N[C@@H](CCCC[NH3+])C(=O)N[C@@H](C)C(=O)O)[C@@H](C)O)[C@@H](C)O. The fourth-order valence-electron chi connectivity index (χ4n) is 6.97. The minimum atomic E-state index is -1.79. The number of hydrogen-bond donors (Lipinski definition) is 18. The van der Waals surface area contributed by atoms with Crippen LogP contribution in [0.1, 0.15) is 106 Å². The number of aliphatic hydroxyl groups is 2. The van der Waals surface area contributed by atoms with Crippen LogP contribution in [0.25, 0.3) is 0 Å². The Balaban J connectivity index is 6.48. The quantitative estimate of drug-likeness (QED) is 0.0119. The number of nitrogens with two attached hydrogens (primary N) is 3. The number of unbranched alkanes of at least 4 members (excludes halogenated alkanes) is 2. The Labute approximate surface area is 443 Å². The van der Waals surface area contributed by atoms with Crippen LogP contribution in [0.4, 0.5) is 0 Å². The van der Waals surface area contributed by atoms with E-state index in [0.717, 1.165) is 6.92 Å². The Morgan fingerprint density at radius 3 is 1.29 bits per heavy atom. The Kier molecular flexibility index (Phi) is 31.6. The molecule has 0 aromatic carbocycles. The molecule has 0 heterocycles. The third-order valence-electron chi connectivity index (χ3n) is 11.6. The fourth-order valence-corrected chi connectivity index (χ4v) is 6.97. The van der Waals surface area contributed by atoms with Gasteiger partial charge in [-0.1, -0.05) is 0 Å². The predicted molar refractivity (Wildman–Crippen MR) is 273 cm³/mol. The number of guanidine groups is 1. The van der Waals surface area contributed by atoms with Crippen LogP contribution >= 0.6 is 0 Å². The lowest BCUT2D eigenvalue weighted by molar-refractivity contribution is -0.870. The van der Waals surface area contributed by atoms with Crippen LogP contribution < -0.4 is 81.5 Å². The largest absolute Gasteiger partial charge is 0.480 e. The molecule has 0 aromatic heterocycles. The number of carbonyl (C=O) groups excluding carboxylic acids is 10. The second kappa shape index (κ2) is 34.7. The summed E-state index contributed by atoms with van der Waals surface area (Å²) in [4.78, 5) is 147. The zero-order chi connectivity index (χ0) is 58.6. The summed E-state index contributed by atoms with van der Waals surface area (Å²) in [6, 6.07) is -13.6. The van der Waals surface area contributed by atoms with Crippen molar-refractivity contribution in [1.29, 1.82) is 0 Å². The standard InChI is InChI=1S/C46H86N16O14/c1-23(48)36(66)56-31(17-14-21-52-46(50)51)41(71)61-35(28(6)64)44(74)59-30(16-11-13-22-62(7,8)9)40(70)58-32(18-19-33(49)65)42(72)60-34(27(5)63)43(73)54-24(2)37(67)53-25(3)38(68)57-29(15-10-12-20-47)39(69)55-26(4)45(75)76/h23-32,34-35,63-64H,10-22,47-48H2,1-9H3,(H15-,49,50,51,52,53,54,55,56,57,58,59,60,61,65,66,67,68,69,70,71,72,73,74,75,76)/p+4/t23-,24-,25-,26-,27+,28+,29-,30-,31-,32-,34-,35-/m0/s1. The second-order valence-electron chi connectivity index (χ2n) is 20.0. The van der Waals surface area contributed by atoms with Crippen LogP contribution in [-0.4, -0.2) is 204 Å². The van der Waals surface area contributed by atoms with Gasteiger partial charge in [0.15, 0.2) is 6.04 Å². The summed E-state index contributed by atoms with van der Waals surface area (Å²) >= 11 is 0. The van der Waals surface area contributed by atoms with Crippen molar-refractivity contribution >= 4 is 71.0 Å². The van der Waals surface area contributed by atoms with E-state index in [1.54, 1.807) is 0 Å². The van der Waals surface area contributed by atoms with Crippen molar-refractivity contribution in [2.24, 2.45) is 17.2 Å². The maximum absolute atomic E-state index is 14.2. The van der Waals surface area contributed by atoms with Gasteiger partial charge in [0.1, 0.15) is 54.4 Å². The van der Waals surface area contributed by atoms with Gasteiger partial charge in [-0.05, 0) is 99.3 Å². The molecule has 0 aromatic rings. The van der Waals surface area contributed by atoms with E-state index in [-0.39, 0.29) is 38.2 Å². The van der Waals surface area contributed by atoms with E-state index in [4.69, 9.17) is 17.2 Å². The van der Waals surface area contributed by atoms with E-state index in [9.17, 15) is 68.1 Å². The number of primary amides is 1. The molecule has 30 nitrogen and oxygen atoms in total. The number of carbonyl (C=O) groups is 11. The van der Waals surface area contributed by atoms with Gasteiger partial charge >= 0.3 is 11.9 Å². The summed E-state index contributed by atoms with van der Waals surface area (Å²) in [6.45, 7) is 9.05. The first-order valence-electron chi connectivity index (χ1n) is 25.4. The fraction of sp³-hybridized carbons (Fsp3) is 0.739. The van der Waals surface area contributed by atoms with E-state index in [1.165, 1.54) is 34.6 Å². The van der Waals surface area contributed by atoms with Crippen LogP contribution in [0.3, 0.4) is 0 Å². The van der Waals surface area contributed by atoms with E-state index in [0.29, 0.717) is 43.3 Å². The molecule has 76 heavy (non-hydrogen) atoms. The van der Waals surface area contributed by atoms with Gasteiger partial charge in [0.2, 0.25) is 53.2 Å². The minimum Gasteiger partial charge on any atom is -0.480 e. The van der Waals surface area contributed by atoms with Gasteiger partial charge in [0, 0.05) is 6.42 Å². The second-order valence-corrected chi connectivity index (χ2v) is 20.0. The van der Waals surface area contributed by atoms with Crippen molar-refractivity contribution in [3.8, 4) is 0 Å². The molecule has 0 bridgehead atoms. The van der Waals surface area contributed by atoms with Crippen LogP contribution in [0.15, 0.2) is 0 Å². The van der Waals surface area contributed by atoms with E-state index < -0.39 is 151 Å². The van der Waals surface area contributed by atoms with Crippen LogP contribution in [0, 0.1) is 0 Å². The van der Waals surface area contributed by atoms with Gasteiger partial charge < -0.3 is 84.9 Å². The number of nitrogens with one attached hydrogen (secondary N) is 10. The first-order valence-corrected chi connectivity index (χ1v) is 25.4. The van der Waals surface area contributed by atoms with Gasteiger partial charge in [-0.15, -0.1) is 0 Å². The zero-order valence-electron chi connectivity index (χ0n) is 45.5. The highest BCUT2D eigenvalue weighted by Gasteiger charge is 2.36. The summed E-state index contributed by atoms with van der Waals surface area (Å²) in [5.74, 6) is -10.3. The van der Waals surface area contributed by atoms with E-state index in [1.807, 2.05) is 21.1 Å². The number of nitrogens with zero attached hydrogens (tertiary/aromatic N) is 1. The lowest BCUT2D eigenvalue weighted by Crippen LogP contribution is -2.78. The Hall–Kier alpha value is -6.76. The maximum atomic E-state index is 14.2. The van der Waals surface area contributed by atoms with E-state index >= 15 is 0 Å². The van der Waals surface area contributed by atoms with Crippen molar-refractivity contribution in [1.82, 2.24) is 47.9 Å². The first kappa shape index (κ1) is 69.2. The van der Waals surface area contributed by atoms with Gasteiger partial charge in [0.05, 0.1) is 53.0 Å². The molecule has 0 saturated heterocycles. The molecule has 10 amide bonds. The average molecular weight is 1090 g/mol. The Bertz CT molecular complexity index is 2000. The molecule has 0 aliphatic carbocycles. The Morgan fingerprint density at radius 2 is 0.855 bits per heavy atom. The third kappa shape index (κ3) is 28.2. The number of carboxylic acids is 1. The molecule has 12 atom stereocenters. The molecule has 0 spiro atoms. The zero-order valence-corrected chi connectivity index (χ0v) is 45.5. The molecule has 0 rings (SSSR count). The molecule has 0 saturated carbocycles. The molecule has 25 N–H and O–H groups in total. The summed E-state index contributed by atoms with van der Waals surface area (Å²) in [7, 11) is 5.84. The van der Waals surface area contributed by atoms with Crippen LogP contribution in [0.2, 0.25) is 0 Å². The van der Waals surface area contributed by atoms with Gasteiger partial charge in [-0.3, -0.25) is 69.2 Å². The predicted octanol–water partition coefficient (Wildman–Crippen LogP) is -10.4. The summed E-state index contributed by atoms with van der Waals surface area (Å²) in [5.41, 5.74) is 23.7. The highest BCUT2D eigenvalue weighted by Crippen LogP contribution is 2.10. The highest BCUT2D eigenvalue weighted by molar-refractivity contribution is 5.98. The molecule has 30 heteroatoms. The summed E-state index contributed by atoms with van der Waals surface area (Å²) < 4.78 is 0.558. The third-order valence-corrected chi connectivity index (χ3v) is 11.6. The molecule has 0 aliphatic heterocycles. The number of rotatable bonds is 37. The van der Waals surface area contributed by atoms with Crippen molar-refractivity contribution in [2.75, 3.05) is 40.8 Å². The number of aliphatic carboxylic acids is 1. The van der Waals surface area contributed by atoms with Gasteiger partial charge in [-0.2, -0.15) is 0 Å². The summed E-state index contributed by atoms with van der Waals surface area (Å²) in [6.07, 6.45) is -1.70. The number of quaternary nitrogens is 3.